The number of Topliss-reactive ketones (excluding diaryl/α,β-unsaturated/α-hetero) is 1. The lowest BCUT2D eigenvalue weighted by molar-refractivity contribution is 0.0508. The fourth-order valence-electron chi connectivity index (χ4n) is 4.17. The average molecular weight is 550 g/mol. The molecule has 0 bridgehead atoms. The number of hydrogen-bond donors (Lipinski definition) is 2. The van der Waals surface area contributed by atoms with Crippen molar-refractivity contribution in [3.63, 3.8) is 0 Å². The molecule has 3 rings (SSSR count). The topological polar surface area (TPSA) is 92.1 Å². The molecule has 192 valence electrons. The van der Waals surface area contributed by atoms with Crippen molar-refractivity contribution in [2.24, 2.45) is 0 Å². The monoisotopic (exact) mass is 548 g/mol. The quantitative estimate of drug-likeness (QED) is 0.346. The average Bonchev–Trinajstić information content (AvgIpc) is 3.05. The maximum absolute atomic E-state index is 13.5. The summed E-state index contributed by atoms with van der Waals surface area (Å²) in [7, 11) is 3.11. The number of carbonyl (C=O) groups excluding carboxylic acids is 1. The van der Waals surface area contributed by atoms with Crippen LogP contribution in [0.2, 0.25) is 0 Å². The number of carbonyl (C=O) groups is 1. The highest BCUT2D eigenvalue weighted by Crippen LogP contribution is 2.40. The van der Waals surface area contributed by atoms with Gasteiger partial charge in [0, 0.05) is 36.4 Å². The van der Waals surface area contributed by atoms with Gasteiger partial charge in [-0.25, -0.2) is 0 Å². The maximum Gasteiger partial charge on any atom is 0.188 e. The molecule has 8 heteroatoms. The van der Waals surface area contributed by atoms with Gasteiger partial charge in [-0.05, 0) is 34.6 Å². The van der Waals surface area contributed by atoms with Crippen LogP contribution in [0.4, 0.5) is 0 Å². The lowest BCUT2D eigenvalue weighted by Crippen LogP contribution is -2.31. The zero-order valence-corrected chi connectivity index (χ0v) is 23.6. The molecular formula is C27H37BrN2O5. The SMILES string of the molecule is Br.COCOc1cc(OC)cc2c1C(=N)N(CC(=O)c1cc(C(C)(C)C)c(O)c(C(C)(C)C)c1)C2. The molecular weight excluding hydrogens is 512 g/mol. The minimum absolute atomic E-state index is 0. The smallest absolute Gasteiger partial charge is 0.188 e. The Hall–Kier alpha value is -2.58. The minimum Gasteiger partial charge on any atom is -0.507 e. The van der Waals surface area contributed by atoms with Crippen molar-refractivity contribution in [3.05, 3.63) is 52.1 Å². The largest absolute Gasteiger partial charge is 0.507 e. The molecule has 0 unspecified atom stereocenters. The van der Waals surface area contributed by atoms with E-state index in [0.717, 1.165) is 16.7 Å². The molecule has 0 fully saturated rings. The first kappa shape index (κ1) is 28.7. The Morgan fingerprint density at radius 3 is 2.09 bits per heavy atom. The van der Waals surface area contributed by atoms with Crippen molar-refractivity contribution in [2.45, 2.75) is 58.9 Å². The summed E-state index contributed by atoms with van der Waals surface area (Å²) in [6.45, 7) is 12.6. The van der Waals surface area contributed by atoms with Crippen molar-refractivity contribution in [2.75, 3.05) is 27.6 Å². The molecule has 1 heterocycles. The Bertz CT molecular complexity index is 1080. The maximum atomic E-state index is 13.5. The van der Waals surface area contributed by atoms with E-state index in [9.17, 15) is 9.90 Å². The number of phenolic OH excluding ortho intramolecular Hbond substituents is 1. The first-order valence-electron chi connectivity index (χ1n) is 11.4. The second-order valence-corrected chi connectivity index (χ2v) is 10.8. The number of ether oxygens (including phenoxy) is 3. The lowest BCUT2D eigenvalue weighted by atomic mass is 9.78. The van der Waals surface area contributed by atoms with Crippen LogP contribution in [-0.4, -0.2) is 49.2 Å². The molecule has 35 heavy (non-hydrogen) atoms. The van der Waals surface area contributed by atoms with E-state index in [1.54, 1.807) is 30.2 Å². The lowest BCUT2D eigenvalue weighted by Gasteiger charge is -2.28. The molecule has 1 aliphatic heterocycles. The molecule has 0 spiro atoms. The van der Waals surface area contributed by atoms with Gasteiger partial charge in [0.25, 0.3) is 0 Å². The molecule has 2 aromatic carbocycles. The van der Waals surface area contributed by atoms with E-state index < -0.39 is 0 Å². The van der Waals surface area contributed by atoms with Gasteiger partial charge in [-0.2, -0.15) is 0 Å². The molecule has 2 N–H and O–H groups in total. The zero-order valence-electron chi connectivity index (χ0n) is 21.9. The second-order valence-electron chi connectivity index (χ2n) is 10.8. The molecule has 0 saturated heterocycles. The van der Waals surface area contributed by atoms with E-state index in [2.05, 4.69) is 0 Å². The van der Waals surface area contributed by atoms with Crippen molar-refractivity contribution in [1.82, 2.24) is 4.90 Å². The zero-order chi connectivity index (χ0) is 25.4. The van der Waals surface area contributed by atoms with E-state index >= 15 is 0 Å². The van der Waals surface area contributed by atoms with Crippen LogP contribution in [0.1, 0.15) is 74.2 Å². The number of rotatable bonds is 7. The molecule has 0 atom stereocenters. The molecule has 0 amide bonds. The van der Waals surface area contributed by atoms with E-state index in [0.29, 0.717) is 29.2 Å². The number of ketones is 1. The van der Waals surface area contributed by atoms with Crippen molar-refractivity contribution in [1.29, 1.82) is 5.41 Å². The first-order valence-corrected chi connectivity index (χ1v) is 11.4. The number of amidine groups is 1. The van der Waals surface area contributed by atoms with Crippen molar-refractivity contribution < 1.29 is 24.1 Å². The van der Waals surface area contributed by atoms with Crippen LogP contribution in [0.3, 0.4) is 0 Å². The minimum atomic E-state index is -0.332. The van der Waals surface area contributed by atoms with Gasteiger partial charge in [-0.3, -0.25) is 10.2 Å². The van der Waals surface area contributed by atoms with E-state index in [1.807, 2.05) is 47.6 Å². The molecule has 1 aliphatic rings. The van der Waals surface area contributed by atoms with Crippen LogP contribution in [0.25, 0.3) is 0 Å². The number of hydrogen-bond acceptors (Lipinski definition) is 6. The predicted octanol–water partition coefficient (Wildman–Crippen LogP) is 5.58. The predicted molar refractivity (Wildman–Crippen MR) is 143 cm³/mol. The van der Waals surface area contributed by atoms with E-state index in [-0.39, 0.29) is 58.5 Å². The summed E-state index contributed by atoms with van der Waals surface area (Å²) in [6.07, 6.45) is 0. The number of nitrogens with one attached hydrogen (secondary N) is 1. The summed E-state index contributed by atoms with van der Waals surface area (Å²) < 4.78 is 16.1. The summed E-state index contributed by atoms with van der Waals surface area (Å²) in [4.78, 5) is 15.2. The number of nitrogens with zero attached hydrogens (tertiary/aromatic N) is 1. The fraction of sp³-hybridized carbons (Fsp3) is 0.481. The number of halogens is 1. The third kappa shape index (κ3) is 5.98. The van der Waals surface area contributed by atoms with Gasteiger partial charge in [-0.1, -0.05) is 41.5 Å². The molecule has 0 saturated carbocycles. The molecule has 2 aromatic rings. The third-order valence-electron chi connectivity index (χ3n) is 6.02. The summed E-state index contributed by atoms with van der Waals surface area (Å²) in [6, 6.07) is 7.17. The Balaban J connectivity index is 0.00000432. The van der Waals surface area contributed by atoms with Crippen LogP contribution < -0.4 is 9.47 Å². The highest BCUT2D eigenvalue weighted by atomic mass is 79.9. The van der Waals surface area contributed by atoms with Crippen molar-refractivity contribution in [3.8, 4) is 17.2 Å². The molecule has 0 radical (unpaired) electrons. The van der Waals surface area contributed by atoms with Gasteiger partial charge >= 0.3 is 0 Å². The summed E-state index contributed by atoms with van der Waals surface area (Å²) >= 11 is 0. The number of aromatic hydroxyl groups is 1. The number of fused-ring (bicyclic) bond motifs is 1. The van der Waals surface area contributed by atoms with Gasteiger partial charge in [0.1, 0.15) is 23.1 Å². The van der Waals surface area contributed by atoms with Crippen LogP contribution in [0, 0.1) is 5.41 Å². The highest BCUT2D eigenvalue weighted by molar-refractivity contribution is 8.93. The fourth-order valence-corrected chi connectivity index (χ4v) is 4.17. The standard InChI is InChI=1S/C27H36N2O5.BrH/c1-26(2,3)19-10-16(11-20(24(19)31)27(4,5)6)21(30)14-29-13-17-9-18(33-8)12-22(34-15-32-7)23(17)25(29)28;/h9-12,28,31H,13-15H2,1-8H3;1H. The third-order valence-corrected chi connectivity index (χ3v) is 6.02. The molecule has 0 aromatic heterocycles. The van der Waals surface area contributed by atoms with Crippen LogP contribution in [-0.2, 0) is 22.1 Å². The van der Waals surface area contributed by atoms with Gasteiger partial charge in [0.2, 0.25) is 0 Å². The van der Waals surface area contributed by atoms with Gasteiger partial charge in [0.15, 0.2) is 12.6 Å². The Morgan fingerprint density at radius 2 is 1.60 bits per heavy atom. The van der Waals surface area contributed by atoms with Gasteiger partial charge in [0.05, 0.1) is 19.2 Å². The Morgan fingerprint density at radius 1 is 1.03 bits per heavy atom. The molecule has 7 nitrogen and oxygen atoms in total. The summed E-state index contributed by atoms with van der Waals surface area (Å²) in [5, 5.41) is 19.7. The second kappa shape index (κ2) is 10.6. The summed E-state index contributed by atoms with van der Waals surface area (Å²) in [5.74, 6) is 1.47. The molecule has 0 aliphatic carbocycles. The van der Waals surface area contributed by atoms with Gasteiger partial charge < -0.3 is 24.2 Å². The van der Waals surface area contributed by atoms with Crippen LogP contribution >= 0.6 is 17.0 Å². The highest BCUT2D eigenvalue weighted by Gasteiger charge is 2.32. The van der Waals surface area contributed by atoms with Crippen LogP contribution in [0.15, 0.2) is 24.3 Å². The van der Waals surface area contributed by atoms with E-state index in [4.69, 9.17) is 19.6 Å². The number of phenols is 1. The Kier molecular flexibility index (Phi) is 8.66. The number of benzene rings is 2. The van der Waals surface area contributed by atoms with Gasteiger partial charge in [-0.15, -0.1) is 17.0 Å². The number of methoxy groups -OCH3 is 2. The first-order chi connectivity index (χ1) is 15.8. The van der Waals surface area contributed by atoms with E-state index in [1.165, 1.54) is 7.11 Å². The normalized spacial score (nSPS) is 13.4. The van der Waals surface area contributed by atoms with Crippen molar-refractivity contribution >= 4 is 28.6 Å². The van der Waals surface area contributed by atoms with Crippen LogP contribution in [0.5, 0.6) is 17.2 Å². The Labute approximate surface area is 218 Å². The summed E-state index contributed by atoms with van der Waals surface area (Å²) in [5.41, 5.74) is 2.85.